The van der Waals surface area contributed by atoms with E-state index in [4.69, 9.17) is 21.1 Å². The molecule has 0 unspecified atom stereocenters. The molecule has 0 aromatic rings. The summed E-state index contributed by atoms with van der Waals surface area (Å²) in [6, 6.07) is 0. The van der Waals surface area contributed by atoms with Crippen LogP contribution < -0.4 is 0 Å². The summed E-state index contributed by atoms with van der Waals surface area (Å²) in [4.78, 5) is 23.3. The smallest absolute Gasteiger partial charge is 0.305 e. The summed E-state index contributed by atoms with van der Waals surface area (Å²) in [5.74, 6) is 0.482. The van der Waals surface area contributed by atoms with Crippen LogP contribution in [0.25, 0.3) is 0 Å². The van der Waals surface area contributed by atoms with E-state index in [0.717, 1.165) is 38.0 Å². The number of carbonyl (C=O) groups is 2. The molecule has 4 nitrogen and oxygen atoms in total. The van der Waals surface area contributed by atoms with Crippen molar-refractivity contribution in [3.8, 4) is 0 Å². The van der Waals surface area contributed by atoms with E-state index in [2.05, 4.69) is 6.92 Å². The van der Waals surface area contributed by atoms with Crippen molar-refractivity contribution >= 4 is 23.5 Å². The Morgan fingerprint density at radius 3 is 1.34 bits per heavy atom. The molecule has 0 saturated heterocycles. The molecule has 0 amide bonds. The van der Waals surface area contributed by atoms with Crippen LogP contribution in [0.2, 0.25) is 0 Å². The summed E-state index contributed by atoms with van der Waals surface area (Å²) in [5, 5.41) is 0. The second-order valence-corrected chi connectivity index (χ2v) is 8.31. The molecule has 0 N–H and O–H groups in total. The lowest BCUT2D eigenvalue weighted by Gasteiger charge is -2.06. The first kappa shape index (κ1) is 28.2. The first-order valence-electron chi connectivity index (χ1n) is 12.1. The van der Waals surface area contributed by atoms with E-state index in [9.17, 15) is 9.59 Å². The Morgan fingerprint density at radius 1 is 0.552 bits per heavy atom. The van der Waals surface area contributed by atoms with Crippen LogP contribution >= 0.6 is 11.6 Å². The number of alkyl halides is 1. The zero-order valence-electron chi connectivity index (χ0n) is 18.9. The number of carbonyl (C=O) groups excluding carboxylic acids is 2. The van der Waals surface area contributed by atoms with Crippen LogP contribution in [0, 0.1) is 0 Å². The molecule has 0 rings (SSSR count). The molecule has 0 saturated carbocycles. The molecule has 0 aromatic carbocycles. The van der Waals surface area contributed by atoms with Crippen molar-refractivity contribution < 1.29 is 19.1 Å². The molecule has 5 heteroatoms. The first-order valence-corrected chi connectivity index (χ1v) is 12.6. The van der Waals surface area contributed by atoms with Gasteiger partial charge in [-0.05, 0) is 32.1 Å². The van der Waals surface area contributed by atoms with Gasteiger partial charge in [-0.3, -0.25) is 9.59 Å². The van der Waals surface area contributed by atoms with E-state index in [1.807, 2.05) is 0 Å². The lowest BCUT2D eigenvalue weighted by molar-refractivity contribution is -0.146. The summed E-state index contributed by atoms with van der Waals surface area (Å²) < 4.78 is 10.5. The molecule has 172 valence electrons. The Labute approximate surface area is 184 Å². The zero-order chi connectivity index (χ0) is 21.4. The van der Waals surface area contributed by atoms with Crippen molar-refractivity contribution in [2.24, 2.45) is 0 Å². The largest absolute Gasteiger partial charge is 0.466 e. The van der Waals surface area contributed by atoms with Crippen molar-refractivity contribution in [1.82, 2.24) is 0 Å². The highest BCUT2D eigenvalue weighted by Crippen LogP contribution is 2.10. The summed E-state index contributed by atoms with van der Waals surface area (Å²) in [7, 11) is 0. The predicted octanol–water partition coefficient (Wildman–Crippen LogP) is 7.35. The van der Waals surface area contributed by atoms with E-state index >= 15 is 0 Å². The number of unbranched alkanes of at least 4 members (excludes halogenated alkanes) is 13. The van der Waals surface area contributed by atoms with E-state index in [-0.39, 0.29) is 11.9 Å². The number of esters is 2. The highest BCUT2D eigenvalue weighted by Gasteiger charge is 2.06. The van der Waals surface area contributed by atoms with Crippen molar-refractivity contribution in [3.05, 3.63) is 0 Å². The number of hydrogen-bond donors (Lipinski definition) is 0. The molecule has 0 atom stereocenters. The molecular weight excluding hydrogens is 388 g/mol. The molecule has 29 heavy (non-hydrogen) atoms. The minimum Gasteiger partial charge on any atom is -0.466 e. The van der Waals surface area contributed by atoms with E-state index in [1.165, 1.54) is 57.8 Å². The standard InChI is InChI=1S/C24H45ClO4/c1-2-3-4-5-11-16-21-28-23(26)18-13-14-19-24(27)29-22-17-12-9-7-6-8-10-15-20-25/h2-22H2,1H3. The lowest BCUT2D eigenvalue weighted by Crippen LogP contribution is -2.08. The van der Waals surface area contributed by atoms with Gasteiger partial charge in [0.15, 0.2) is 0 Å². The van der Waals surface area contributed by atoms with Gasteiger partial charge in [0.25, 0.3) is 0 Å². The van der Waals surface area contributed by atoms with Crippen molar-refractivity contribution in [1.29, 1.82) is 0 Å². The van der Waals surface area contributed by atoms with Crippen LogP contribution in [0.5, 0.6) is 0 Å². The average molecular weight is 433 g/mol. The van der Waals surface area contributed by atoms with E-state index < -0.39 is 0 Å². The third-order valence-corrected chi connectivity index (χ3v) is 5.33. The minimum absolute atomic E-state index is 0.144. The van der Waals surface area contributed by atoms with Gasteiger partial charge in [0, 0.05) is 18.7 Å². The molecule has 0 heterocycles. The molecule has 0 spiro atoms. The van der Waals surface area contributed by atoms with Crippen LogP contribution in [0.3, 0.4) is 0 Å². The summed E-state index contributed by atoms with van der Waals surface area (Å²) >= 11 is 5.66. The monoisotopic (exact) mass is 432 g/mol. The number of halogens is 1. The van der Waals surface area contributed by atoms with Gasteiger partial charge in [0.05, 0.1) is 13.2 Å². The molecule has 0 radical (unpaired) electrons. The Morgan fingerprint density at radius 2 is 0.931 bits per heavy atom. The minimum atomic E-state index is -0.147. The van der Waals surface area contributed by atoms with Gasteiger partial charge in [-0.2, -0.15) is 0 Å². The molecule has 0 aliphatic rings. The second-order valence-electron chi connectivity index (χ2n) is 7.93. The van der Waals surface area contributed by atoms with E-state index in [1.54, 1.807) is 0 Å². The lowest BCUT2D eigenvalue weighted by atomic mass is 10.1. The Hall–Kier alpha value is -0.770. The maximum atomic E-state index is 11.7. The van der Waals surface area contributed by atoms with Crippen molar-refractivity contribution in [2.45, 2.75) is 122 Å². The van der Waals surface area contributed by atoms with Crippen molar-refractivity contribution in [3.63, 3.8) is 0 Å². The maximum absolute atomic E-state index is 11.7. The van der Waals surface area contributed by atoms with Crippen molar-refractivity contribution in [2.75, 3.05) is 19.1 Å². The second kappa shape index (κ2) is 23.5. The average Bonchev–Trinajstić information content (AvgIpc) is 2.72. The van der Waals surface area contributed by atoms with Crippen LogP contribution in [0.15, 0.2) is 0 Å². The van der Waals surface area contributed by atoms with Crippen LogP contribution in [-0.4, -0.2) is 31.0 Å². The van der Waals surface area contributed by atoms with Gasteiger partial charge in [-0.15, -0.1) is 11.6 Å². The van der Waals surface area contributed by atoms with Gasteiger partial charge in [0.1, 0.15) is 0 Å². The normalized spacial score (nSPS) is 10.8. The summed E-state index contributed by atoms with van der Waals surface area (Å²) in [6.45, 7) is 3.25. The third kappa shape index (κ3) is 23.4. The third-order valence-electron chi connectivity index (χ3n) is 5.06. The number of hydrogen-bond acceptors (Lipinski definition) is 4. The zero-order valence-corrected chi connectivity index (χ0v) is 19.6. The molecule has 0 aliphatic heterocycles. The van der Waals surface area contributed by atoms with Gasteiger partial charge in [0.2, 0.25) is 0 Å². The van der Waals surface area contributed by atoms with Gasteiger partial charge in [-0.1, -0.05) is 77.6 Å². The Bertz CT molecular complexity index is 374. The number of ether oxygens (including phenoxy) is 2. The van der Waals surface area contributed by atoms with Gasteiger partial charge in [-0.25, -0.2) is 0 Å². The quantitative estimate of drug-likeness (QED) is 0.102. The van der Waals surface area contributed by atoms with Crippen LogP contribution in [0.1, 0.15) is 122 Å². The summed E-state index contributed by atoms with van der Waals surface area (Å²) in [5.41, 5.74) is 0. The van der Waals surface area contributed by atoms with Crippen LogP contribution in [-0.2, 0) is 19.1 Å². The highest BCUT2D eigenvalue weighted by molar-refractivity contribution is 6.17. The topological polar surface area (TPSA) is 52.6 Å². The van der Waals surface area contributed by atoms with Gasteiger partial charge >= 0.3 is 11.9 Å². The summed E-state index contributed by atoms with van der Waals surface area (Å²) in [6.07, 6.45) is 18.7. The molecular formula is C24H45ClO4. The number of rotatable bonds is 22. The fourth-order valence-electron chi connectivity index (χ4n) is 3.19. The maximum Gasteiger partial charge on any atom is 0.305 e. The first-order chi connectivity index (χ1) is 14.2. The molecule has 0 aliphatic carbocycles. The SMILES string of the molecule is CCCCCCCCOC(=O)CCCCC(=O)OCCCCCCCCCCCl. The fourth-order valence-corrected chi connectivity index (χ4v) is 3.38. The predicted molar refractivity (Wildman–Crippen MR) is 121 cm³/mol. The Balaban J connectivity index is 3.29. The Kier molecular flexibility index (Phi) is 22.9. The highest BCUT2D eigenvalue weighted by atomic mass is 35.5. The molecule has 0 bridgehead atoms. The fraction of sp³-hybridized carbons (Fsp3) is 0.917. The van der Waals surface area contributed by atoms with Gasteiger partial charge < -0.3 is 9.47 Å². The van der Waals surface area contributed by atoms with Crippen LogP contribution in [0.4, 0.5) is 0 Å². The molecule has 0 fully saturated rings. The van der Waals surface area contributed by atoms with E-state index in [0.29, 0.717) is 38.9 Å². The molecule has 0 aromatic heterocycles.